The Morgan fingerprint density at radius 2 is 1.71 bits per heavy atom. The first-order valence-corrected chi connectivity index (χ1v) is 10.0. The molecule has 0 aliphatic heterocycles. The molecule has 1 atom stereocenters. The number of nitrogens with one attached hydrogen (secondary N) is 3. The third kappa shape index (κ3) is 7.42. The van der Waals surface area contributed by atoms with Crippen LogP contribution in [-0.4, -0.2) is 63.5 Å². The molecule has 0 radical (unpaired) electrons. The van der Waals surface area contributed by atoms with E-state index >= 15 is 0 Å². The van der Waals surface area contributed by atoms with Crippen molar-refractivity contribution in [1.82, 2.24) is 4.90 Å². The van der Waals surface area contributed by atoms with Crippen molar-refractivity contribution in [2.75, 3.05) is 51.5 Å². The van der Waals surface area contributed by atoms with Crippen molar-refractivity contribution in [2.24, 2.45) is 0 Å². The number of hydrogen-bond acceptors (Lipinski definition) is 4. The Balaban J connectivity index is 1.80. The van der Waals surface area contributed by atoms with E-state index in [4.69, 9.17) is 4.74 Å². The molecule has 8 nitrogen and oxygen atoms in total. The van der Waals surface area contributed by atoms with Crippen LogP contribution in [0.2, 0.25) is 0 Å². The molecule has 0 bridgehead atoms. The largest absolute Gasteiger partial charge is 0.497 e. The monoisotopic (exact) mass is 427 g/mol. The molecule has 3 amide bonds. The van der Waals surface area contributed by atoms with Crippen LogP contribution in [0.25, 0.3) is 0 Å². The molecule has 8 heteroatoms. The van der Waals surface area contributed by atoms with Crippen LogP contribution in [0.1, 0.15) is 11.1 Å². The van der Waals surface area contributed by atoms with Crippen LogP contribution in [0, 0.1) is 13.8 Å². The van der Waals surface area contributed by atoms with Gasteiger partial charge in [-0.05, 0) is 43.2 Å². The predicted octanol–water partition coefficient (Wildman–Crippen LogP) is 0.862. The summed E-state index contributed by atoms with van der Waals surface area (Å²) in [4.78, 5) is 39.1. The molecule has 166 valence electrons. The Morgan fingerprint density at radius 3 is 2.42 bits per heavy atom. The highest BCUT2D eigenvalue weighted by Crippen LogP contribution is 2.18. The molecular formula is C23H31N4O4+. The molecule has 2 rings (SSSR count). The Kier molecular flexibility index (Phi) is 8.57. The van der Waals surface area contributed by atoms with Crippen molar-refractivity contribution >= 4 is 29.1 Å². The van der Waals surface area contributed by atoms with E-state index in [2.05, 4.69) is 10.6 Å². The van der Waals surface area contributed by atoms with E-state index in [1.165, 1.54) is 4.90 Å². The fourth-order valence-corrected chi connectivity index (χ4v) is 3.02. The fourth-order valence-electron chi connectivity index (χ4n) is 3.02. The van der Waals surface area contributed by atoms with Gasteiger partial charge < -0.3 is 25.2 Å². The molecule has 0 aliphatic carbocycles. The summed E-state index contributed by atoms with van der Waals surface area (Å²) in [5, 5.41) is 5.64. The van der Waals surface area contributed by atoms with Gasteiger partial charge >= 0.3 is 0 Å². The van der Waals surface area contributed by atoms with Crippen molar-refractivity contribution < 1.29 is 24.0 Å². The molecular weight excluding hydrogens is 396 g/mol. The third-order valence-electron chi connectivity index (χ3n) is 4.95. The zero-order valence-corrected chi connectivity index (χ0v) is 18.7. The second-order valence-electron chi connectivity index (χ2n) is 7.64. The molecule has 0 spiro atoms. The Bertz CT molecular complexity index is 945. The minimum atomic E-state index is -0.311. The summed E-state index contributed by atoms with van der Waals surface area (Å²) in [6.45, 7) is 4.10. The molecule has 0 aromatic heterocycles. The molecule has 2 aromatic rings. The van der Waals surface area contributed by atoms with Crippen LogP contribution in [-0.2, 0) is 14.4 Å². The smallest absolute Gasteiger partial charge is 0.279 e. The molecule has 0 aliphatic rings. The number of carbonyl (C=O) groups excluding carboxylic acids is 3. The lowest BCUT2D eigenvalue weighted by atomic mass is 10.1. The topological polar surface area (TPSA) is 92.2 Å². The normalized spacial score (nSPS) is 11.4. The summed E-state index contributed by atoms with van der Waals surface area (Å²) in [6.07, 6.45) is 0. The van der Waals surface area contributed by atoms with Crippen molar-refractivity contribution in [2.45, 2.75) is 13.8 Å². The number of anilines is 2. The zero-order valence-electron chi connectivity index (χ0n) is 18.7. The summed E-state index contributed by atoms with van der Waals surface area (Å²) < 4.78 is 5.13. The van der Waals surface area contributed by atoms with E-state index < -0.39 is 0 Å². The highest BCUT2D eigenvalue weighted by atomic mass is 16.5. The number of ether oxygens (including phenoxy) is 1. The Hall–Kier alpha value is -3.39. The Labute approximate surface area is 183 Å². The van der Waals surface area contributed by atoms with Crippen LogP contribution < -0.4 is 20.3 Å². The lowest BCUT2D eigenvalue weighted by Gasteiger charge is -2.20. The van der Waals surface area contributed by atoms with Crippen LogP contribution in [0.4, 0.5) is 11.4 Å². The summed E-state index contributed by atoms with van der Waals surface area (Å²) >= 11 is 0. The van der Waals surface area contributed by atoms with E-state index in [1.54, 1.807) is 45.5 Å². The first kappa shape index (κ1) is 23.9. The SMILES string of the molecule is COc1cccc(NC(=O)CN(C)C(=O)C[NH+](C)CC(=O)Nc2cccc(C)c2C)c1. The number of hydrogen-bond donors (Lipinski definition) is 3. The number of benzene rings is 2. The van der Waals surface area contributed by atoms with Crippen LogP contribution in [0.15, 0.2) is 42.5 Å². The maximum Gasteiger partial charge on any atom is 0.279 e. The highest BCUT2D eigenvalue weighted by molar-refractivity contribution is 5.95. The molecule has 31 heavy (non-hydrogen) atoms. The minimum absolute atomic E-state index is 0.0853. The van der Waals surface area contributed by atoms with Gasteiger partial charge in [-0.25, -0.2) is 0 Å². The Morgan fingerprint density at radius 1 is 1.00 bits per heavy atom. The summed E-state index contributed by atoms with van der Waals surface area (Å²) in [5.74, 6) is -0.0729. The predicted molar refractivity (Wildman–Crippen MR) is 120 cm³/mol. The van der Waals surface area contributed by atoms with Gasteiger partial charge in [-0.3, -0.25) is 14.4 Å². The lowest BCUT2D eigenvalue weighted by Crippen LogP contribution is -3.11. The average molecular weight is 428 g/mol. The van der Waals surface area contributed by atoms with Crippen LogP contribution >= 0.6 is 0 Å². The van der Waals surface area contributed by atoms with E-state index in [1.807, 2.05) is 32.0 Å². The maximum absolute atomic E-state index is 12.5. The number of amides is 3. The number of quaternary nitrogens is 1. The quantitative estimate of drug-likeness (QED) is 0.554. The van der Waals surface area contributed by atoms with E-state index in [0.717, 1.165) is 21.7 Å². The van der Waals surface area contributed by atoms with Gasteiger partial charge in [0.2, 0.25) is 5.91 Å². The highest BCUT2D eigenvalue weighted by Gasteiger charge is 2.19. The third-order valence-corrected chi connectivity index (χ3v) is 4.95. The van der Waals surface area contributed by atoms with Crippen molar-refractivity contribution in [3.8, 4) is 5.75 Å². The van der Waals surface area contributed by atoms with Gasteiger partial charge in [0.05, 0.1) is 20.7 Å². The summed E-state index contributed by atoms with van der Waals surface area (Å²) in [7, 11) is 4.89. The second-order valence-corrected chi connectivity index (χ2v) is 7.64. The van der Waals surface area contributed by atoms with Crippen LogP contribution in [0.5, 0.6) is 5.75 Å². The number of carbonyl (C=O) groups is 3. The number of aryl methyl sites for hydroxylation is 1. The molecule has 0 saturated heterocycles. The number of nitrogens with zero attached hydrogens (tertiary/aromatic N) is 1. The van der Waals surface area contributed by atoms with Gasteiger partial charge in [-0.1, -0.05) is 18.2 Å². The van der Waals surface area contributed by atoms with Gasteiger partial charge in [-0.15, -0.1) is 0 Å². The van der Waals surface area contributed by atoms with E-state index in [0.29, 0.717) is 11.4 Å². The summed E-state index contributed by atoms with van der Waals surface area (Å²) in [6, 6.07) is 12.7. The first-order chi connectivity index (χ1) is 14.7. The van der Waals surface area contributed by atoms with E-state index in [9.17, 15) is 14.4 Å². The van der Waals surface area contributed by atoms with Crippen molar-refractivity contribution in [3.05, 3.63) is 53.6 Å². The van der Waals surface area contributed by atoms with Gasteiger partial charge in [0, 0.05) is 24.5 Å². The van der Waals surface area contributed by atoms with Crippen LogP contribution in [0.3, 0.4) is 0 Å². The average Bonchev–Trinajstić information content (AvgIpc) is 2.71. The molecule has 1 unspecified atom stereocenters. The second kappa shape index (κ2) is 11.1. The molecule has 0 heterocycles. The van der Waals surface area contributed by atoms with Gasteiger partial charge in [0.25, 0.3) is 11.8 Å². The number of likely N-dealkylation sites (N-methyl/N-ethyl adjacent to an activating group) is 2. The van der Waals surface area contributed by atoms with Gasteiger partial charge in [0.15, 0.2) is 13.1 Å². The number of rotatable bonds is 9. The molecule has 0 fully saturated rings. The molecule has 3 N–H and O–H groups in total. The minimum Gasteiger partial charge on any atom is -0.497 e. The fraction of sp³-hybridized carbons (Fsp3) is 0.348. The van der Waals surface area contributed by atoms with E-state index in [-0.39, 0.29) is 37.4 Å². The zero-order chi connectivity index (χ0) is 23.0. The first-order valence-electron chi connectivity index (χ1n) is 10.0. The van der Waals surface area contributed by atoms with Gasteiger partial charge in [0.1, 0.15) is 5.75 Å². The maximum atomic E-state index is 12.5. The standard InChI is InChI=1S/C23H30N4O4/c1-16-8-6-11-20(17(16)2)25-21(28)13-26(3)15-23(30)27(4)14-22(29)24-18-9-7-10-19(12-18)31-5/h6-12H,13-15H2,1-5H3,(H,24,29)(H,25,28)/p+1. The van der Waals surface area contributed by atoms with Crippen molar-refractivity contribution in [1.29, 1.82) is 0 Å². The van der Waals surface area contributed by atoms with Gasteiger partial charge in [-0.2, -0.15) is 0 Å². The molecule has 0 saturated carbocycles. The molecule has 2 aromatic carbocycles. The lowest BCUT2D eigenvalue weighted by molar-refractivity contribution is -0.862. The number of methoxy groups -OCH3 is 1. The summed E-state index contributed by atoms with van der Waals surface area (Å²) in [5.41, 5.74) is 3.49. The van der Waals surface area contributed by atoms with Crippen molar-refractivity contribution in [3.63, 3.8) is 0 Å².